The minimum atomic E-state index is -0.133. The van der Waals surface area contributed by atoms with Crippen molar-refractivity contribution in [2.45, 2.75) is 6.61 Å². The summed E-state index contributed by atoms with van der Waals surface area (Å²) in [4.78, 5) is 19.7. The predicted molar refractivity (Wildman–Crippen MR) is 81.2 cm³/mol. The fourth-order valence-electron chi connectivity index (χ4n) is 2.14. The number of H-pyrrole nitrogens is 1. The number of anilines is 1. The van der Waals surface area contributed by atoms with Crippen molar-refractivity contribution in [2.75, 3.05) is 12.4 Å². The first-order valence-corrected chi connectivity index (χ1v) is 6.60. The van der Waals surface area contributed by atoms with Gasteiger partial charge in [0.1, 0.15) is 12.4 Å². The van der Waals surface area contributed by atoms with Crippen molar-refractivity contribution in [3.63, 3.8) is 0 Å². The van der Waals surface area contributed by atoms with Gasteiger partial charge in [0.25, 0.3) is 5.91 Å². The highest BCUT2D eigenvalue weighted by Gasteiger charge is 2.07. The van der Waals surface area contributed by atoms with Crippen molar-refractivity contribution in [3.05, 3.63) is 59.9 Å². The number of ether oxygens (including phenoxy) is 1. The number of benzene rings is 2. The molecule has 0 spiro atoms. The van der Waals surface area contributed by atoms with E-state index < -0.39 is 0 Å². The molecule has 0 unspecified atom stereocenters. The van der Waals surface area contributed by atoms with E-state index in [0.29, 0.717) is 12.2 Å². The molecule has 0 radical (unpaired) electrons. The molecule has 0 fully saturated rings. The van der Waals surface area contributed by atoms with Gasteiger partial charge in [-0.25, -0.2) is 4.98 Å². The number of rotatable bonds is 4. The molecule has 0 saturated carbocycles. The molecule has 0 bridgehead atoms. The van der Waals surface area contributed by atoms with Crippen molar-refractivity contribution in [1.29, 1.82) is 0 Å². The highest BCUT2D eigenvalue weighted by molar-refractivity contribution is 6.04. The van der Waals surface area contributed by atoms with Crippen LogP contribution in [0.2, 0.25) is 0 Å². The number of methoxy groups -OCH3 is 1. The van der Waals surface area contributed by atoms with Crippen LogP contribution in [0.3, 0.4) is 0 Å². The Morgan fingerprint density at radius 2 is 2.05 bits per heavy atom. The molecule has 2 aromatic carbocycles. The number of fused-ring (bicyclic) bond motifs is 1. The van der Waals surface area contributed by atoms with E-state index in [0.717, 1.165) is 22.5 Å². The fraction of sp³-hybridized carbons (Fsp3) is 0.125. The van der Waals surface area contributed by atoms with E-state index >= 15 is 0 Å². The van der Waals surface area contributed by atoms with Gasteiger partial charge >= 0.3 is 0 Å². The molecule has 0 aliphatic carbocycles. The van der Waals surface area contributed by atoms with Crippen molar-refractivity contribution < 1.29 is 9.53 Å². The van der Waals surface area contributed by atoms with Crippen LogP contribution in [0.1, 0.15) is 16.2 Å². The molecule has 0 atom stereocenters. The maximum Gasteiger partial charge on any atom is 0.255 e. The summed E-state index contributed by atoms with van der Waals surface area (Å²) < 4.78 is 5.05. The third-order valence-electron chi connectivity index (χ3n) is 3.11. The molecule has 5 nitrogen and oxygen atoms in total. The van der Waals surface area contributed by atoms with Gasteiger partial charge in [0.2, 0.25) is 0 Å². The summed E-state index contributed by atoms with van der Waals surface area (Å²) in [5, 5.41) is 2.87. The standard InChI is InChI=1S/C16H15N3O2/c1-21-10-15-18-13-8-7-12(9-14(13)19-15)17-16(20)11-5-3-2-4-6-11/h2-9H,10H2,1H3,(H,17,20)(H,18,19). The van der Waals surface area contributed by atoms with Crippen LogP contribution in [0.15, 0.2) is 48.5 Å². The molecular weight excluding hydrogens is 266 g/mol. The Balaban J connectivity index is 1.82. The van der Waals surface area contributed by atoms with E-state index in [9.17, 15) is 4.79 Å². The number of imidazole rings is 1. The summed E-state index contributed by atoms with van der Waals surface area (Å²) in [5.41, 5.74) is 3.07. The van der Waals surface area contributed by atoms with E-state index in [4.69, 9.17) is 4.74 Å². The number of hydrogen-bond donors (Lipinski definition) is 2. The molecule has 1 heterocycles. The van der Waals surface area contributed by atoms with Gasteiger partial charge in [0, 0.05) is 18.4 Å². The molecule has 106 valence electrons. The van der Waals surface area contributed by atoms with Gasteiger partial charge < -0.3 is 15.0 Å². The van der Waals surface area contributed by atoms with Crippen LogP contribution in [0.5, 0.6) is 0 Å². The average molecular weight is 281 g/mol. The first-order valence-electron chi connectivity index (χ1n) is 6.60. The third-order valence-corrected chi connectivity index (χ3v) is 3.11. The van der Waals surface area contributed by atoms with Crippen LogP contribution < -0.4 is 5.32 Å². The van der Waals surface area contributed by atoms with Crippen LogP contribution in [-0.4, -0.2) is 23.0 Å². The smallest absolute Gasteiger partial charge is 0.255 e. The number of nitrogens with one attached hydrogen (secondary N) is 2. The zero-order valence-electron chi connectivity index (χ0n) is 11.6. The maximum absolute atomic E-state index is 12.1. The average Bonchev–Trinajstić information content (AvgIpc) is 2.90. The van der Waals surface area contributed by atoms with E-state index in [-0.39, 0.29) is 5.91 Å². The second-order valence-electron chi connectivity index (χ2n) is 4.67. The number of amides is 1. The highest BCUT2D eigenvalue weighted by Crippen LogP contribution is 2.18. The summed E-state index contributed by atoms with van der Waals surface area (Å²) in [7, 11) is 1.62. The molecule has 3 rings (SSSR count). The van der Waals surface area contributed by atoms with Gasteiger partial charge in [-0.1, -0.05) is 18.2 Å². The minimum Gasteiger partial charge on any atom is -0.377 e. The number of aromatic amines is 1. The lowest BCUT2D eigenvalue weighted by molar-refractivity contribution is 0.102. The molecule has 3 aromatic rings. The molecule has 1 aromatic heterocycles. The number of aromatic nitrogens is 2. The van der Waals surface area contributed by atoms with Crippen molar-refractivity contribution in [2.24, 2.45) is 0 Å². The van der Waals surface area contributed by atoms with E-state index in [2.05, 4.69) is 15.3 Å². The van der Waals surface area contributed by atoms with Gasteiger partial charge in [-0.05, 0) is 30.3 Å². The first-order chi connectivity index (χ1) is 10.3. The van der Waals surface area contributed by atoms with E-state index in [1.54, 1.807) is 19.2 Å². The van der Waals surface area contributed by atoms with Crippen LogP contribution in [0.4, 0.5) is 5.69 Å². The molecule has 1 amide bonds. The Morgan fingerprint density at radius 3 is 2.81 bits per heavy atom. The molecule has 21 heavy (non-hydrogen) atoms. The van der Waals surface area contributed by atoms with Crippen LogP contribution in [0.25, 0.3) is 11.0 Å². The zero-order valence-corrected chi connectivity index (χ0v) is 11.6. The summed E-state index contributed by atoms with van der Waals surface area (Å²) in [6.45, 7) is 0.431. The van der Waals surface area contributed by atoms with Crippen LogP contribution in [-0.2, 0) is 11.3 Å². The Labute approximate surface area is 122 Å². The van der Waals surface area contributed by atoms with Gasteiger partial charge in [0.05, 0.1) is 11.0 Å². The molecule has 0 aliphatic rings. The van der Waals surface area contributed by atoms with Gasteiger partial charge in [-0.15, -0.1) is 0 Å². The van der Waals surface area contributed by atoms with Gasteiger partial charge in [-0.3, -0.25) is 4.79 Å². The zero-order chi connectivity index (χ0) is 14.7. The second kappa shape index (κ2) is 5.76. The van der Waals surface area contributed by atoms with E-state index in [1.165, 1.54) is 0 Å². The normalized spacial score (nSPS) is 10.7. The van der Waals surface area contributed by atoms with Gasteiger partial charge in [0.15, 0.2) is 0 Å². The van der Waals surface area contributed by atoms with Crippen molar-refractivity contribution >= 4 is 22.6 Å². The molecular formula is C16H15N3O2. The van der Waals surface area contributed by atoms with Crippen molar-refractivity contribution in [3.8, 4) is 0 Å². The predicted octanol–water partition coefficient (Wildman–Crippen LogP) is 2.96. The highest BCUT2D eigenvalue weighted by atomic mass is 16.5. The lowest BCUT2D eigenvalue weighted by Gasteiger charge is -2.04. The summed E-state index contributed by atoms with van der Waals surface area (Å²) in [6, 6.07) is 14.7. The SMILES string of the molecule is COCc1nc2ccc(NC(=O)c3ccccc3)cc2[nH]1. The Kier molecular flexibility index (Phi) is 3.66. The van der Waals surface area contributed by atoms with E-state index in [1.807, 2.05) is 36.4 Å². The third kappa shape index (κ3) is 2.93. The Bertz CT molecular complexity index is 766. The number of carbonyl (C=O) groups excluding carboxylic acids is 1. The van der Waals surface area contributed by atoms with Gasteiger partial charge in [-0.2, -0.15) is 0 Å². The van der Waals surface area contributed by atoms with Crippen molar-refractivity contribution in [1.82, 2.24) is 9.97 Å². The monoisotopic (exact) mass is 281 g/mol. The Morgan fingerprint density at radius 1 is 1.24 bits per heavy atom. The molecule has 2 N–H and O–H groups in total. The topological polar surface area (TPSA) is 67.0 Å². The molecule has 0 saturated heterocycles. The first kappa shape index (κ1) is 13.3. The van der Waals surface area contributed by atoms with Crippen LogP contribution in [0, 0.1) is 0 Å². The second-order valence-corrected chi connectivity index (χ2v) is 4.67. The fourth-order valence-corrected chi connectivity index (χ4v) is 2.14. The summed E-state index contributed by atoms with van der Waals surface area (Å²) in [6.07, 6.45) is 0. The maximum atomic E-state index is 12.1. The largest absolute Gasteiger partial charge is 0.377 e. The Hall–Kier alpha value is -2.66. The summed E-state index contributed by atoms with van der Waals surface area (Å²) >= 11 is 0. The summed E-state index contributed by atoms with van der Waals surface area (Å²) in [5.74, 6) is 0.630. The number of nitrogens with zero attached hydrogens (tertiary/aromatic N) is 1. The van der Waals surface area contributed by atoms with Crippen LogP contribution >= 0.6 is 0 Å². The quantitative estimate of drug-likeness (QED) is 0.772. The minimum absolute atomic E-state index is 0.133. The number of hydrogen-bond acceptors (Lipinski definition) is 3. The lowest BCUT2D eigenvalue weighted by atomic mass is 10.2. The molecule has 5 heteroatoms. The lowest BCUT2D eigenvalue weighted by Crippen LogP contribution is -2.11. The number of carbonyl (C=O) groups is 1. The molecule has 0 aliphatic heterocycles.